The SMILES string of the molecule is O=C(Nc1ccc(F)cc1)[C@H]([NH2+][C@H]1CCSc2ccccc21)c1ccccc1. The molecule has 5 heteroatoms. The van der Waals surface area contributed by atoms with E-state index in [9.17, 15) is 9.18 Å². The minimum absolute atomic E-state index is 0.103. The molecule has 0 fully saturated rings. The summed E-state index contributed by atoms with van der Waals surface area (Å²) in [6.07, 6.45) is 1.01. The van der Waals surface area contributed by atoms with E-state index in [0.29, 0.717) is 5.69 Å². The maximum Gasteiger partial charge on any atom is 0.287 e. The molecule has 0 spiro atoms. The lowest BCUT2D eigenvalue weighted by molar-refractivity contribution is -0.722. The average Bonchev–Trinajstić information content (AvgIpc) is 2.74. The Morgan fingerprint density at radius 3 is 2.50 bits per heavy atom. The van der Waals surface area contributed by atoms with Crippen LogP contribution in [0.15, 0.2) is 83.8 Å². The van der Waals surface area contributed by atoms with Crippen LogP contribution in [0.2, 0.25) is 0 Å². The molecule has 2 atom stereocenters. The Bertz CT molecular complexity index is 946. The second-order valence-corrected chi connectivity index (χ2v) is 8.00. The van der Waals surface area contributed by atoms with Crippen molar-refractivity contribution in [3.8, 4) is 0 Å². The van der Waals surface area contributed by atoms with Crippen molar-refractivity contribution in [3.63, 3.8) is 0 Å². The Balaban J connectivity index is 1.60. The molecule has 142 valence electrons. The predicted octanol–water partition coefficient (Wildman–Crippen LogP) is 4.31. The maximum absolute atomic E-state index is 13.2. The van der Waals surface area contributed by atoms with Crippen LogP contribution in [0.5, 0.6) is 0 Å². The van der Waals surface area contributed by atoms with Crippen molar-refractivity contribution in [3.05, 3.63) is 95.8 Å². The monoisotopic (exact) mass is 393 g/mol. The van der Waals surface area contributed by atoms with Gasteiger partial charge < -0.3 is 10.6 Å². The number of quaternary nitrogens is 1. The normalized spacial score (nSPS) is 16.8. The molecule has 3 aromatic carbocycles. The van der Waals surface area contributed by atoms with E-state index in [1.807, 2.05) is 42.1 Å². The van der Waals surface area contributed by atoms with Crippen molar-refractivity contribution in [1.82, 2.24) is 0 Å². The third-order valence-corrected chi connectivity index (χ3v) is 6.11. The van der Waals surface area contributed by atoms with Gasteiger partial charge in [0.1, 0.15) is 11.9 Å². The van der Waals surface area contributed by atoms with Gasteiger partial charge in [0, 0.05) is 33.9 Å². The highest BCUT2D eigenvalue weighted by Gasteiger charge is 2.31. The topological polar surface area (TPSA) is 45.7 Å². The second kappa shape index (κ2) is 8.59. The summed E-state index contributed by atoms with van der Waals surface area (Å²) in [4.78, 5) is 14.4. The first-order chi connectivity index (χ1) is 13.7. The molecule has 4 rings (SSSR count). The number of carbonyl (C=O) groups excluding carboxylic acids is 1. The zero-order chi connectivity index (χ0) is 19.3. The van der Waals surface area contributed by atoms with Crippen LogP contribution in [0.25, 0.3) is 0 Å². The lowest BCUT2D eigenvalue weighted by atomic mass is 9.99. The lowest BCUT2D eigenvalue weighted by Gasteiger charge is -2.27. The van der Waals surface area contributed by atoms with E-state index in [1.54, 1.807) is 12.1 Å². The number of amides is 1. The summed E-state index contributed by atoms with van der Waals surface area (Å²) >= 11 is 1.87. The summed E-state index contributed by atoms with van der Waals surface area (Å²) in [5.41, 5.74) is 2.84. The summed E-state index contributed by atoms with van der Waals surface area (Å²) in [7, 11) is 0. The minimum atomic E-state index is -0.382. The van der Waals surface area contributed by atoms with E-state index in [4.69, 9.17) is 0 Å². The number of thioether (sulfide) groups is 1. The highest BCUT2D eigenvalue weighted by atomic mass is 32.2. The molecule has 0 bridgehead atoms. The molecule has 0 aliphatic carbocycles. The number of benzene rings is 3. The Morgan fingerprint density at radius 1 is 1.00 bits per heavy atom. The maximum atomic E-state index is 13.2. The van der Waals surface area contributed by atoms with Crippen LogP contribution in [0, 0.1) is 5.82 Å². The van der Waals surface area contributed by atoms with Gasteiger partial charge in [-0.25, -0.2) is 4.39 Å². The Hall–Kier alpha value is -2.63. The molecule has 3 nitrogen and oxygen atoms in total. The van der Waals surface area contributed by atoms with Crippen LogP contribution >= 0.6 is 11.8 Å². The molecule has 0 saturated carbocycles. The van der Waals surface area contributed by atoms with Crippen molar-refractivity contribution < 1.29 is 14.5 Å². The molecular formula is C23H22FN2OS+. The van der Waals surface area contributed by atoms with Crippen molar-refractivity contribution in [1.29, 1.82) is 0 Å². The van der Waals surface area contributed by atoms with Gasteiger partial charge in [0.25, 0.3) is 5.91 Å². The standard InChI is InChI=1S/C23H21FN2OS/c24-17-10-12-18(13-11-17)25-23(27)22(16-6-2-1-3-7-16)26-20-14-15-28-21-9-5-4-8-19(20)21/h1-13,20,22,26H,14-15H2,(H,25,27)/p+1/t20-,22+/m0/s1. The Kier molecular flexibility index (Phi) is 5.74. The van der Waals surface area contributed by atoms with E-state index >= 15 is 0 Å². The molecule has 3 N–H and O–H groups in total. The fraction of sp³-hybridized carbons (Fsp3) is 0.174. The summed E-state index contributed by atoms with van der Waals surface area (Å²) in [5.74, 6) is 0.619. The van der Waals surface area contributed by atoms with E-state index in [2.05, 4.69) is 34.9 Å². The molecule has 1 amide bonds. The third-order valence-electron chi connectivity index (χ3n) is 4.98. The Labute approximate surface area is 168 Å². The molecule has 0 radical (unpaired) electrons. The second-order valence-electron chi connectivity index (χ2n) is 6.86. The van der Waals surface area contributed by atoms with Crippen molar-refractivity contribution in [2.45, 2.75) is 23.4 Å². The van der Waals surface area contributed by atoms with Crippen LogP contribution in [0.1, 0.15) is 29.6 Å². The van der Waals surface area contributed by atoms with Gasteiger partial charge in [0.05, 0.1) is 0 Å². The summed E-state index contributed by atoms with van der Waals surface area (Å²) in [6.45, 7) is 0. The number of nitrogens with two attached hydrogens (primary N) is 1. The quantitative estimate of drug-likeness (QED) is 0.679. The highest BCUT2D eigenvalue weighted by molar-refractivity contribution is 7.99. The van der Waals surface area contributed by atoms with Gasteiger partial charge in [-0.2, -0.15) is 0 Å². The van der Waals surface area contributed by atoms with E-state index in [-0.39, 0.29) is 23.8 Å². The van der Waals surface area contributed by atoms with Gasteiger partial charge in [-0.1, -0.05) is 48.5 Å². The molecule has 0 saturated heterocycles. The fourth-order valence-corrected chi connectivity index (χ4v) is 4.72. The van der Waals surface area contributed by atoms with Gasteiger partial charge >= 0.3 is 0 Å². The van der Waals surface area contributed by atoms with Crippen LogP contribution in [0.4, 0.5) is 10.1 Å². The smallest absolute Gasteiger partial charge is 0.287 e. The largest absolute Gasteiger partial charge is 0.326 e. The number of nitrogens with one attached hydrogen (secondary N) is 1. The summed E-state index contributed by atoms with van der Waals surface area (Å²) < 4.78 is 13.2. The number of fused-ring (bicyclic) bond motifs is 1. The lowest BCUT2D eigenvalue weighted by Crippen LogP contribution is -2.88. The Morgan fingerprint density at radius 2 is 1.71 bits per heavy atom. The number of rotatable bonds is 5. The first-order valence-corrected chi connectivity index (χ1v) is 10.4. The number of halogens is 1. The van der Waals surface area contributed by atoms with Gasteiger partial charge in [-0.3, -0.25) is 4.79 Å². The van der Waals surface area contributed by atoms with Crippen LogP contribution in [0.3, 0.4) is 0 Å². The van der Waals surface area contributed by atoms with Gasteiger partial charge in [-0.05, 0) is 30.3 Å². The summed E-state index contributed by atoms with van der Waals surface area (Å²) in [5, 5.41) is 5.10. The predicted molar refractivity (Wildman–Crippen MR) is 111 cm³/mol. The minimum Gasteiger partial charge on any atom is -0.326 e. The average molecular weight is 394 g/mol. The summed E-state index contributed by atoms with van der Waals surface area (Å²) in [6, 6.07) is 24.0. The number of hydrogen-bond acceptors (Lipinski definition) is 2. The number of anilines is 1. The molecular weight excluding hydrogens is 371 g/mol. The number of hydrogen-bond donors (Lipinski definition) is 2. The molecule has 1 aliphatic heterocycles. The number of carbonyl (C=O) groups is 1. The molecule has 3 aromatic rings. The molecule has 1 aliphatic rings. The molecule has 0 unspecified atom stereocenters. The first-order valence-electron chi connectivity index (χ1n) is 9.39. The van der Waals surface area contributed by atoms with Gasteiger partial charge in [0.2, 0.25) is 0 Å². The zero-order valence-electron chi connectivity index (χ0n) is 15.3. The van der Waals surface area contributed by atoms with Crippen molar-refractivity contribution in [2.75, 3.05) is 11.1 Å². The van der Waals surface area contributed by atoms with E-state index < -0.39 is 0 Å². The van der Waals surface area contributed by atoms with E-state index in [1.165, 1.54) is 22.6 Å². The molecule has 1 heterocycles. The molecule has 0 aromatic heterocycles. The van der Waals surface area contributed by atoms with Gasteiger partial charge in [0.15, 0.2) is 6.04 Å². The third kappa shape index (κ3) is 4.26. The van der Waals surface area contributed by atoms with Crippen LogP contribution < -0.4 is 10.6 Å². The molecule has 28 heavy (non-hydrogen) atoms. The highest BCUT2D eigenvalue weighted by Crippen LogP contribution is 2.34. The van der Waals surface area contributed by atoms with Crippen molar-refractivity contribution >= 4 is 23.4 Å². The van der Waals surface area contributed by atoms with Crippen molar-refractivity contribution in [2.24, 2.45) is 0 Å². The van der Waals surface area contributed by atoms with Crippen LogP contribution in [-0.2, 0) is 4.79 Å². The van der Waals surface area contributed by atoms with Crippen LogP contribution in [-0.4, -0.2) is 11.7 Å². The fourth-order valence-electron chi connectivity index (χ4n) is 3.57. The first kappa shape index (κ1) is 18.7. The van der Waals surface area contributed by atoms with E-state index in [0.717, 1.165) is 17.7 Å². The zero-order valence-corrected chi connectivity index (χ0v) is 16.2. The van der Waals surface area contributed by atoms with Gasteiger partial charge in [-0.15, -0.1) is 11.8 Å².